The zero-order valence-corrected chi connectivity index (χ0v) is 7.99. The van der Waals surface area contributed by atoms with Gasteiger partial charge in [0.15, 0.2) is 0 Å². The van der Waals surface area contributed by atoms with Crippen LogP contribution in [0, 0.1) is 11.3 Å². The Morgan fingerprint density at radius 1 is 1.77 bits per heavy atom. The van der Waals surface area contributed by atoms with Crippen LogP contribution in [0.5, 0.6) is 0 Å². The Morgan fingerprint density at radius 2 is 2.54 bits per heavy atom. The van der Waals surface area contributed by atoms with Crippen molar-refractivity contribution in [3.63, 3.8) is 0 Å². The van der Waals surface area contributed by atoms with E-state index in [1.54, 1.807) is 10.9 Å². The number of hydrogen-bond acceptors (Lipinski definition) is 3. The maximum absolute atomic E-state index is 8.69. The molecule has 4 nitrogen and oxygen atoms in total. The Labute approximate surface area is 78.2 Å². The summed E-state index contributed by atoms with van der Waals surface area (Å²) in [4.78, 5) is 0. The lowest BCUT2D eigenvalue weighted by Crippen LogP contribution is -2.27. The lowest BCUT2D eigenvalue weighted by atomic mass is 10.2. The molecule has 1 aromatic heterocycles. The van der Waals surface area contributed by atoms with Crippen molar-refractivity contribution in [2.45, 2.75) is 25.9 Å². The van der Waals surface area contributed by atoms with E-state index in [4.69, 9.17) is 5.26 Å². The fourth-order valence-electron chi connectivity index (χ4n) is 1.08. The minimum absolute atomic E-state index is 0.0603. The number of nitrogens with zero attached hydrogens (tertiary/aromatic N) is 3. The van der Waals surface area contributed by atoms with Crippen LogP contribution >= 0.6 is 0 Å². The highest BCUT2D eigenvalue weighted by Crippen LogP contribution is 1.97. The molecule has 4 heteroatoms. The summed E-state index contributed by atoms with van der Waals surface area (Å²) in [6.07, 6.45) is 2.58. The smallest absolute Gasteiger partial charge is 0.0953 e. The third kappa shape index (κ3) is 2.56. The first-order chi connectivity index (χ1) is 6.27. The minimum atomic E-state index is -0.0603. The molecule has 0 fully saturated rings. The molecule has 0 aliphatic rings. The molecule has 0 saturated carbocycles. The SMILES string of the molecule is CCC(C#N)NCc1ccnn1C. The maximum atomic E-state index is 8.69. The molecule has 0 aliphatic carbocycles. The van der Waals surface area contributed by atoms with Crippen LogP contribution < -0.4 is 5.32 Å². The van der Waals surface area contributed by atoms with Gasteiger partial charge in [0.1, 0.15) is 0 Å². The van der Waals surface area contributed by atoms with Gasteiger partial charge in [-0.2, -0.15) is 10.4 Å². The van der Waals surface area contributed by atoms with E-state index in [0.29, 0.717) is 6.54 Å². The van der Waals surface area contributed by atoms with Crippen molar-refractivity contribution >= 4 is 0 Å². The topological polar surface area (TPSA) is 53.6 Å². The summed E-state index contributed by atoms with van der Waals surface area (Å²) < 4.78 is 1.80. The zero-order valence-electron chi connectivity index (χ0n) is 7.99. The summed E-state index contributed by atoms with van der Waals surface area (Å²) in [5.41, 5.74) is 1.09. The largest absolute Gasteiger partial charge is 0.296 e. The first-order valence-corrected chi connectivity index (χ1v) is 4.37. The summed E-state index contributed by atoms with van der Waals surface area (Å²) in [6, 6.07) is 4.07. The molecule has 13 heavy (non-hydrogen) atoms. The van der Waals surface area contributed by atoms with E-state index in [9.17, 15) is 0 Å². The van der Waals surface area contributed by atoms with Crippen LogP contribution in [-0.2, 0) is 13.6 Å². The standard InChI is InChI=1S/C9H14N4/c1-3-8(6-10)11-7-9-4-5-12-13(9)2/h4-5,8,11H,3,7H2,1-2H3. The van der Waals surface area contributed by atoms with Crippen LogP contribution in [0.4, 0.5) is 0 Å². The van der Waals surface area contributed by atoms with Gasteiger partial charge in [-0.05, 0) is 12.5 Å². The third-order valence-electron chi connectivity index (χ3n) is 2.02. The van der Waals surface area contributed by atoms with E-state index < -0.39 is 0 Å². The number of aromatic nitrogens is 2. The van der Waals surface area contributed by atoms with Gasteiger partial charge in [-0.25, -0.2) is 0 Å². The summed E-state index contributed by atoms with van der Waals surface area (Å²) in [7, 11) is 1.89. The van der Waals surface area contributed by atoms with Crippen LogP contribution in [0.2, 0.25) is 0 Å². The highest BCUT2D eigenvalue weighted by molar-refractivity contribution is 5.01. The average molecular weight is 178 g/mol. The highest BCUT2D eigenvalue weighted by atomic mass is 15.3. The lowest BCUT2D eigenvalue weighted by molar-refractivity contribution is 0.560. The molecular formula is C9H14N4. The van der Waals surface area contributed by atoms with Crippen molar-refractivity contribution in [1.82, 2.24) is 15.1 Å². The van der Waals surface area contributed by atoms with Gasteiger partial charge in [-0.1, -0.05) is 6.92 Å². The van der Waals surface area contributed by atoms with Crippen LogP contribution in [0.3, 0.4) is 0 Å². The summed E-state index contributed by atoms with van der Waals surface area (Å²) in [5, 5.41) is 15.9. The van der Waals surface area contributed by atoms with E-state index in [1.165, 1.54) is 0 Å². The van der Waals surface area contributed by atoms with Crippen molar-refractivity contribution in [3.05, 3.63) is 18.0 Å². The molecule has 0 bridgehead atoms. The Kier molecular flexibility index (Phi) is 3.47. The first kappa shape index (κ1) is 9.75. The lowest BCUT2D eigenvalue weighted by Gasteiger charge is -2.08. The van der Waals surface area contributed by atoms with Gasteiger partial charge < -0.3 is 0 Å². The number of nitrogens with one attached hydrogen (secondary N) is 1. The molecule has 1 N–H and O–H groups in total. The fourth-order valence-corrected chi connectivity index (χ4v) is 1.08. The van der Waals surface area contributed by atoms with Crippen molar-refractivity contribution in [2.75, 3.05) is 0 Å². The van der Waals surface area contributed by atoms with Crippen molar-refractivity contribution in [2.24, 2.45) is 7.05 Å². The van der Waals surface area contributed by atoms with Gasteiger partial charge in [0.05, 0.1) is 17.8 Å². The Hall–Kier alpha value is -1.34. The van der Waals surface area contributed by atoms with Gasteiger partial charge in [-0.3, -0.25) is 10.00 Å². The average Bonchev–Trinajstić information content (AvgIpc) is 2.54. The second-order valence-electron chi connectivity index (χ2n) is 2.92. The Morgan fingerprint density at radius 3 is 3.00 bits per heavy atom. The zero-order chi connectivity index (χ0) is 9.68. The molecule has 1 aromatic rings. The van der Waals surface area contributed by atoms with Crippen molar-refractivity contribution in [1.29, 1.82) is 5.26 Å². The van der Waals surface area contributed by atoms with Crippen LogP contribution in [-0.4, -0.2) is 15.8 Å². The Bertz CT molecular complexity index is 297. The third-order valence-corrected chi connectivity index (χ3v) is 2.02. The van der Waals surface area contributed by atoms with Crippen LogP contribution in [0.1, 0.15) is 19.0 Å². The van der Waals surface area contributed by atoms with Gasteiger partial charge >= 0.3 is 0 Å². The number of hydrogen-bond donors (Lipinski definition) is 1. The highest BCUT2D eigenvalue weighted by Gasteiger charge is 2.04. The molecule has 0 saturated heterocycles. The summed E-state index contributed by atoms with van der Waals surface area (Å²) in [5.74, 6) is 0. The fraction of sp³-hybridized carbons (Fsp3) is 0.556. The quantitative estimate of drug-likeness (QED) is 0.742. The molecule has 70 valence electrons. The van der Waals surface area contributed by atoms with E-state index in [2.05, 4.69) is 16.5 Å². The summed E-state index contributed by atoms with van der Waals surface area (Å²) >= 11 is 0. The van der Waals surface area contributed by atoms with E-state index in [0.717, 1.165) is 12.1 Å². The molecule has 0 amide bonds. The Balaban J connectivity index is 2.44. The van der Waals surface area contributed by atoms with Crippen LogP contribution in [0.15, 0.2) is 12.3 Å². The normalized spacial score (nSPS) is 12.4. The summed E-state index contributed by atoms with van der Waals surface area (Å²) in [6.45, 7) is 2.69. The first-order valence-electron chi connectivity index (χ1n) is 4.37. The molecule has 0 radical (unpaired) electrons. The molecule has 1 rings (SSSR count). The van der Waals surface area contributed by atoms with Crippen molar-refractivity contribution in [3.8, 4) is 6.07 Å². The van der Waals surface area contributed by atoms with Crippen molar-refractivity contribution < 1.29 is 0 Å². The van der Waals surface area contributed by atoms with Gasteiger partial charge in [-0.15, -0.1) is 0 Å². The molecular weight excluding hydrogens is 164 g/mol. The molecule has 1 heterocycles. The molecule has 0 spiro atoms. The van der Waals surface area contributed by atoms with Crippen LogP contribution in [0.25, 0.3) is 0 Å². The maximum Gasteiger partial charge on any atom is 0.0953 e. The molecule has 1 atom stereocenters. The predicted molar refractivity (Wildman–Crippen MR) is 49.7 cm³/mol. The van der Waals surface area contributed by atoms with E-state index in [1.807, 2.05) is 20.0 Å². The minimum Gasteiger partial charge on any atom is -0.296 e. The second kappa shape index (κ2) is 4.63. The van der Waals surface area contributed by atoms with Gasteiger partial charge in [0.2, 0.25) is 0 Å². The second-order valence-corrected chi connectivity index (χ2v) is 2.92. The predicted octanol–water partition coefficient (Wildman–Crippen LogP) is 0.812. The van der Waals surface area contributed by atoms with E-state index in [-0.39, 0.29) is 6.04 Å². The molecule has 0 aromatic carbocycles. The number of nitriles is 1. The monoisotopic (exact) mass is 178 g/mol. The van der Waals surface area contributed by atoms with Gasteiger partial charge in [0, 0.05) is 19.8 Å². The number of rotatable bonds is 4. The molecule has 1 unspecified atom stereocenters. The number of aryl methyl sites for hydroxylation is 1. The van der Waals surface area contributed by atoms with Gasteiger partial charge in [0.25, 0.3) is 0 Å². The molecule has 0 aliphatic heterocycles. The van der Waals surface area contributed by atoms with E-state index >= 15 is 0 Å².